The number of aliphatic hydroxyl groups excluding tert-OH is 1. The first-order valence-corrected chi connectivity index (χ1v) is 8.16. The van der Waals surface area contributed by atoms with E-state index in [9.17, 15) is 5.11 Å². The van der Waals surface area contributed by atoms with Crippen LogP contribution in [0.4, 0.5) is 0 Å². The van der Waals surface area contributed by atoms with Gasteiger partial charge in [0.25, 0.3) is 0 Å². The molecule has 4 rings (SSSR count). The van der Waals surface area contributed by atoms with E-state index in [1.165, 1.54) is 25.7 Å². The summed E-state index contributed by atoms with van der Waals surface area (Å²) in [4.78, 5) is 7.26. The lowest BCUT2D eigenvalue weighted by molar-refractivity contribution is 0.0714. The molecule has 112 valence electrons. The summed E-state index contributed by atoms with van der Waals surface area (Å²) in [6.07, 6.45) is 9.94. The summed E-state index contributed by atoms with van der Waals surface area (Å²) >= 11 is 0. The van der Waals surface area contributed by atoms with Gasteiger partial charge in [0, 0.05) is 30.9 Å². The molecule has 4 heteroatoms. The van der Waals surface area contributed by atoms with Gasteiger partial charge in [0.1, 0.15) is 5.65 Å². The lowest BCUT2D eigenvalue weighted by Crippen LogP contribution is -2.38. The van der Waals surface area contributed by atoms with Gasteiger partial charge in [-0.2, -0.15) is 0 Å². The van der Waals surface area contributed by atoms with Crippen LogP contribution in [0.2, 0.25) is 0 Å². The van der Waals surface area contributed by atoms with E-state index >= 15 is 0 Å². The second kappa shape index (κ2) is 5.43. The van der Waals surface area contributed by atoms with Gasteiger partial charge in [-0.3, -0.25) is 4.90 Å². The summed E-state index contributed by atoms with van der Waals surface area (Å²) in [7, 11) is 0. The smallest absolute Gasteiger partial charge is 0.137 e. The Labute approximate surface area is 125 Å². The normalized spacial score (nSPS) is 30.4. The molecule has 1 N–H and O–H groups in total. The number of rotatable bonds is 3. The molecule has 1 aliphatic carbocycles. The molecular weight excluding hydrogens is 262 g/mol. The maximum Gasteiger partial charge on any atom is 0.137 e. The molecule has 1 aliphatic heterocycles. The summed E-state index contributed by atoms with van der Waals surface area (Å²) in [6, 6.07) is 6.66. The van der Waals surface area contributed by atoms with Gasteiger partial charge in [-0.1, -0.05) is 12.5 Å². The first-order valence-electron chi connectivity index (χ1n) is 8.16. The molecule has 0 aromatic carbocycles. The van der Waals surface area contributed by atoms with Crippen molar-refractivity contribution in [2.24, 2.45) is 5.92 Å². The first-order chi connectivity index (χ1) is 10.3. The van der Waals surface area contributed by atoms with Crippen LogP contribution >= 0.6 is 0 Å². The van der Waals surface area contributed by atoms with E-state index in [-0.39, 0.29) is 6.10 Å². The van der Waals surface area contributed by atoms with E-state index < -0.39 is 0 Å². The van der Waals surface area contributed by atoms with E-state index in [1.54, 1.807) is 0 Å². The molecular formula is C17H23N3O. The number of likely N-dealkylation sites (tertiary alicyclic amines) is 1. The molecule has 3 atom stereocenters. The second-order valence-corrected chi connectivity index (χ2v) is 6.54. The number of aliphatic hydroxyl groups is 1. The molecule has 2 fully saturated rings. The lowest BCUT2D eigenvalue weighted by Gasteiger charge is -2.30. The minimum Gasteiger partial charge on any atom is -0.393 e. The number of pyridine rings is 1. The van der Waals surface area contributed by atoms with Gasteiger partial charge in [0.05, 0.1) is 11.8 Å². The van der Waals surface area contributed by atoms with Crippen molar-refractivity contribution < 1.29 is 5.11 Å². The fourth-order valence-corrected chi connectivity index (χ4v) is 4.22. The molecule has 21 heavy (non-hydrogen) atoms. The molecule has 1 saturated carbocycles. The van der Waals surface area contributed by atoms with Crippen LogP contribution in [-0.2, 0) is 6.54 Å². The van der Waals surface area contributed by atoms with Crippen LogP contribution in [0.25, 0.3) is 5.65 Å². The minimum atomic E-state index is -0.0864. The SMILES string of the molecule is OC1CCCC1C1CCCN1Cc1cn2ccccc2n1. The molecule has 0 radical (unpaired) electrons. The zero-order valence-electron chi connectivity index (χ0n) is 12.4. The lowest BCUT2D eigenvalue weighted by atomic mass is 9.94. The van der Waals surface area contributed by atoms with Gasteiger partial charge >= 0.3 is 0 Å². The zero-order chi connectivity index (χ0) is 14.2. The van der Waals surface area contributed by atoms with Crippen molar-refractivity contribution in [2.75, 3.05) is 6.54 Å². The Bertz CT molecular complexity index is 590. The van der Waals surface area contributed by atoms with E-state index in [2.05, 4.69) is 15.5 Å². The summed E-state index contributed by atoms with van der Waals surface area (Å²) in [5.74, 6) is 0.476. The molecule has 2 aromatic heterocycles. The highest BCUT2D eigenvalue weighted by Crippen LogP contribution is 2.36. The second-order valence-electron chi connectivity index (χ2n) is 6.54. The number of nitrogens with zero attached hydrogens (tertiary/aromatic N) is 3. The molecule has 2 aromatic rings. The third-order valence-electron chi connectivity index (χ3n) is 5.22. The summed E-state index contributed by atoms with van der Waals surface area (Å²) in [5, 5.41) is 10.2. The predicted octanol–water partition coefficient (Wildman–Crippen LogP) is 2.46. The van der Waals surface area contributed by atoms with Crippen molar-refractivity contribution in [3.05, 3.63) is 36.3 Å². The van der Waals surface area contributed by atoms with Crippen LogP contribution < -0.4 is 0 Å². The molecule has 1 saturated heterocycles. The predicted molar refractivity (Wildman–Crippen MR) is 82.0 cm³/mol. The summed E-state index contributed by atoms with van der Waals surface area (Å²) in [5.41, 5.74) is 2.16. The van der Waals surface area contributed by atoms with Gasteiger partial charge in [-0.15, -0.1) is 0 Å². The molecule has 0 amide bonds. The van der Waals surface area contributed by atoms with Crippen LogP contribution in [0.1, 0.15) is 37.8 Å². The highest BCUT2D eigenvalue weighted by molar-refractivity contribution is 5.39. The number of hydrogen-bond donors (Lipinski definition) is 1. The number of aromatic nitrogens is 2. The van der Waals surface area contributed by atoms with Crippen LogP contribution in [0.3, 0.4) is 0 Å². The highest BCUT2D eigenvalue weighted by atomic mass is 16.3. The van der Waals surface area contributed by atoms with Crippen LogP contribution in [0, 0.1) is 5.92 Å². The van der Waals surface area contributed by atoms with E-state index in [0.29, 0.717) is 12.0 Å². The highest BCUT2D eigenvalue weighted by Gasteiger charge is 2.38. The summed E-state index contributed by atoms with van der Waals surface area (Å²) in [6.45, 7) is 2.05. The Balaban J connectivity index is 1.52. The topological polar surface area (TPSA) is 40.8 Å². The van der Waals surface area contributed by atoms with Crippen LogP contribution in [0.5, 0.6) is 0 Å². The molecule has 3 unspecified atom stereocenters. The van der Waals surface area contributed by atoms with E-state index in [1.807, 2.05) is 24.4 Å². The Morgan fingerprint density at radius 3 is 2.95 bits per heavy atom. The number of fused-ring (bicyclic) bond motifs is 1. The van der Waals surface area contributed by atoms with Gasteiger partial charge in [0.15, 0.2) is 0 Å². The van der Waals surface area contributed by atoms with Gasteiger partial charge < -0.3 is 9.51 Å². The van der Waals surface area contributed by atoms with Gasteiger partial charge in [-0.25, -0.2) is 4.98 Å². The van der Waals surface area contributed by atoms with Crippen LogP contribution in [-0.4, -0.2) is 38.1 Å². The molecule has 0 bridgehead atoms. The maximum absolute atomic E-state index is 10.2. The van der Waals surface area contributed by atoms with E-state index in [4.69, 9.17) is 4.98 Å². The molecule has 4 nitrogen and oxygen atoms in total. The first kappa shape index (κ1) is 13.3. The largest absolute Gasteiger partial charge is 0.393 e. The molecule has 2 aliphatic rings. The Kier molecular flexibility index (Phi) is 3.43. The van der Waals surface area contributed by atoms with Gasteiger partial charge in [0.2, 0.25) is 0 Å². The Morgan fingerprint density at radius 1 is 1.19 bits per heavy atom. The van der Waals surface area contributed by atoms with Crippen LogP contribution in [0.15, 0.2) is 30.6 Å². The Hall–Kier alpha value is -1.39. The van der Waals surface area contributed by atoms with E-state index in [0.717, 1.165) is 30.9 Å². The van der Waals surface area contributed by atoms with Crippen molar-refractivity contribution in [1.29, 1.82) is 0 Å². The number of imidazole rings is 1. The van der Waals surface area contributed by atoms with Crippen molar-refractivity contribution in [1.82, 2.24) is 14.3 Å². The average molecular weight is 285 g/mol. The zero-order valence-corrected chi connectivity index (χ0v) is 12.4. The van der Waals surface area contributed by atoms with Crippen molar-refractivity contribution in [2.45, 2.75) is 50.8 Å². The molecule has 0 spiro atoms. The summed E-state index contributed by atoms with van der Waals surface area (Å²) < 4.78 is 2.09. The maximum atomic E-state index is 10.2. The minimum absolute atomic E-state index is 0.0864. The Morgan fingerprint density at radius 2 is 2.14 bits per heavy atom. The third-order valence-corrected chi connectivity index (χ3v) is 5.22. The standard InChI is InChI=1S/C17H23N3O/c21-16-7-3-5-14(16)15-6-4-10-19(15)11-13-12-20-9-2-1-8-17(20)18-13/h1-2,8-9,12,14-16,21H,3-7,10-11H2. The fourth-order valence-electron chi connectivity index (χ4n) is 4.22. The third kappa shape index (κ3) is 2.47. The fraction of sp³-hybridized carbons (Fsp3) is 0.588. The van der Waals surface area contributed by atoms with Crippen molar-refractivity contribution in [3.8, 4) is 0 Å². The monoisotopic (exact) mass is 285 g/mol. The number of hydrogen-bond acceptors (Lipinski definition) is 3. The van der Waals surface area contributed by atoms with Crippen molar-refractivity contribution >= 4 is 5.65 Å². The average Bonchev–Trinajstić information content (AvgIpc) is 3.17. The van der Waals surface area contributed by atoms with Crippen molar-refractivity contribution in [3.63, 3.8) is 0 Å². The molecule has 3 heterocycles. The quantitative estimate of drug-likeness (QED) is 0.942. The van der Waals surface area contributed by atoms with Gasteiger partial charge in [-0.05, 0) is 44.4 Å².